The fourth-order valence-electron chi connectivity index (χ4n) is 4.20. The number of nitrogens with zero attached hydrogens (tertiary/aromatic N) is 3. The molecule has 2 amide bonds. The van der Waals surface area contributed by atoms with E-state index in [1.54, 1.807) is 5.32 Å². The van der Waals surface area contributed by atoms with Crippen LogP contribution < -0.4 is 10.2 Å². The summed E-state index contributed by atoms with van der Waals surface area (Å²) >= 11 is 1.48. The van der Waals surface area contributed by atoms with Crippen LogP contribution in [0.2, 0.25) is 0 Å². The second kappa shape index (κ2) is 5.56. The standard InChI is InChI=1S/C16H20N4O2S/c1-23-15-18-9-10-8-16(6-7-17-13(16)21)14(22)20(12(10)19-15)11-4-2-3-5-11/h9,11H,2-8H2,1H3,(H,17,21)/p+1. The summed E-state index contributed by atoms with van der Waals surface area (Å²) in [6.07, 6.45) is 9.09. The molecule has 1 atom stereocenters. The Morgan fingerprint density at radius 2 is 2.13 bits per heavy atom. The molecule has 7 heteroatoms. The van der Waals surface area contributed by atoms with E-state index in [1.807, 2.05) is 17.4 Å². The molecule has 1 unspecified atom stereocenters. The van der Waals surface area contributed by atoms with Crippen molar-refractivity contribution in [1.29, 1.82) is 0 Å². The van der Waals surface area contributed by atoms with Crippen molar-refractivity contribution < 1.29 is 14.9 Å². The molecule has 1 saturated carbocycles. The summed E-state index contributed by atoms with van der Waals surface area (Å²) in [6.45, 7) is 0.697. The van der Waals surface area contributed by atoms with Crippen LogP contribution in [0, 0.1) is 5.41 Å². The lowest BCUT2D eigenvalue weighted by molar-refractivity contribution is -0.555. The number of primary amides is 1. The normalized spacial score (nSPS) is 28.0. The lowest BCUT2D eigenvalue weighted by Crippen LogP contribution is -2.87. The molecule has 122 valence electrons. The average molecular weight is 333 g/mol. The number of aromatic nitrogens is 2. The van der Waals surface area contributed by atoms with Crippen LogP contribution >= 0.6 is 11.8 Å². The van der Waals surface area contributed by atoms with Crippen molar-refractivity contribution in [2.24, 2.45) is 5.41 Å². The molecule has 0 aromatic carbocycles. The van der Waals surface area contributed by atoms with Gasteiger partial charge in [0.05, 0.1) is 6.54 Å². The minimum atomic E-state index is -0.889. The first-order valence-corrected chi connectivity index (χ1v) is 9.49. The highest BCUT2D eigenvalue weighted by molar-refractivity contribution is 7.98. The number of thioether (sulfide) groups is 1. The number of amides is 2. The summed E-state index contributed by atoms with van der Waals surface area (Å²) in [6, 6.07) is 0.177. The minimum absolute atomic E-state index is 0.00918. The number of quaternary nitrogens is 1. The highest BCUT2D eigenvalue weighted by Crippen LogP contribution is 2.43. The van der Waals surface area contributed by atoms with Gasteiger partial charge in [0.25, 0.3) is 0 Å². The maximum absolute atomic E-state index is 13.3. The lowest BCUT2D eigenvalue weighted by atomic mass is 9.76. The Morgan fingerprint density at radius 1 is 1.35 bits per heavy atom. The Kier molecular flexibility index (Phi) is 3.65. The molecule has 0 radical (unpaired) electrons. The van der Waals surface area contributed by atoms with Gasteiger partial charge >= 0.3 is 5.91 Å². The van der Waals surface area contributed by atoms with Crippen LogP contribution in [0.4, 0.5) is 5.82 Å². The van der Waals surface area contributed by atoms with Gasteiger partial charge in [-0.25, -0.2) is 14.8 Å². The second-order valence-corrected chi connectivity index (χ2v) is 7.46. The first-order valence-electron chi connectivity index (χ1n) is 8.27. The number of nitrogens with two attached hydrogens (primary N) is 1. The molecular formula is C16H21N4O2S+. The quantitative estimate of drug-likeness (QED) is 0.485. The summed E-state index contributed by atoms with van der Waals surface area (Å²) in [5, 5.41) is 2.37. The number of fused-ring (bicyclic) bond motifs is 1. The predicted molar refractivity (Wildman–Crippen MR) is 86.1 cm³/mol. The number of rotatable bonds is 2. The van der Waals surface area contributed by atoms with Crippen molar-refractivity contribution in [3.63, 3.8) is 0 Å². The number of anilines is 1. The van der Waals surface area contributed by atoms with Crippen molar-refractivity contribution in [2.45, 2.75) is 49.7 Å². The van der Waals surface area contributed by atoms with Crippen molar-refractivity contribution in [2.75, 3.05) is 17.7 Å². The molecule has 1 aliphatic carbocycles. The number of carbonyl (C=O) groups is 2. The molecule has 1 spiro atoms. The number of hydrogen-bond acceptors (Lipinski definition) is 5. The Bertz CT molecular complexity index is 674. The molecule has 23 heavy (non-hydrogen) atoms. The molecule has 1 aromatic rings. The average Bonchev–Trinajstić information content (AvgIpc) is 3.20. The Morgan fingerprint density at radius 3 is 2.78 bits per heavy atom. The zero-order chi connectivity index (χ0) is 16.0. The van der Waals surface area contributed by atoms with E-state index in [1.165, 1.54) is 11.8 Å². The van der Waals surface area contributed by atoms with Gasteiger partial charge in [0.15, 0.2) is 10.6 Å². The molecule has 4 rings (SSSR count). The van der Waals surface area contributed by atoms with E-state index in [0.29, 0.717) is 24.5 Å². The van der Waals surface area contributed by atoms with Gasteiger partial charge in [0, 0.05) is 30.6 Å². The predicted octanol–water partition coefficient (Wildman–Crippen LogP) is 0.510. The summed E-state index contributed by atoms with van der Waals surface area (Å²) in [5.41, 5.74) is 0.0535. The van der Waals surface area contributed by atoms with Crippen LogP contribution in [0.15, 0.2) is 11.4 Å². The van der Waals surface area contributed by atoms with E-state index in [0.717, 1.165) is 37.1 Å². The highest BCUT2D eigenvalue weighted by atomic mass is 32.2. The Labute approximate surface area is 139 Å². The lowest BCUT2D eigenvalue weighted by Gasteiger charge is -2.39. The van der Waals surface area contributed by atoms with Gasteiger partial charge in [0.2, 0.25) is 5.91 Å². The van der Waals surface area contributed by atoms with Crippen LogP contribution in [0.25, 0.3) is 0 Å². The van der Waals surface area contributed by atoms with Gasteiger partial charge in [0.1, 0.15) is 5.82 Å². The Hall–Kier alpha value is -1.47. The van der Waals surface area contributed by atoms with E-state index in [4.69, 9.17) is 0 Å². The van der Waals surface area contributed by atoms with Crippen molar-refractivity contribution >= 4 is 29.4 Å². The molecule has 2 N–H and O–H groups in total. The number of hydrogen-bond donors (Lipinski definition) is 1. The third-order valence-electron chi connectivity index (χ3n) is 5.41. The maximum atomic E-state index is 13.3. The topological polar surface area (TPSA) is 79.8 Å². The molecule has 0 bridgehead atoms. The van der Waals surface area contributed by atoms with E-state index in [2.05, 4.69) is 9.97 Å². The minimum Gasteiger partial charge on any atom is -0.292 e. The number of carbonyl (C=O) groups excluding carboxylic acids is 2. The molecule has 1 saturated heterocycles. The van der Waals surface area contributed by atoms with E-state index in [-0.39, 0.29) is 17.9 Å². The van der Waals surface area contributed by atoms with Crippen LogP contribution in [0.1, 0.15) is 37.7 Å². The fraction of sp³-hybridized carbons (Fsp3) is 0.625. The SMILES string of the molecule is CSc1ncc2c(n1)N(C1CCCC1)C(=O)C1(CC[NH2+]C1=O)C2. The first-order chi connectivity index (χ1) is 11.2. The molecular weight excluding hydrogens is 312 g/mol. The second-order valence-electron chi connectivity index (χ2n) is 6.68. The zero-order valence-electron chi connectivity index (χ0n) is 13.2. The van der Waals surface area contributed by atoms with Gasteiger partial charge in [-0.15, -0.1) is 0 Å². The Balaban J connectivity index is 1.84. The fourth-order valence-corrected chi connectivity index (χ4v) is 4.53. The van der Waals surface area contributed by atoms with E-state index in [9.17, 15) is 9.59 Å². The highest BCUT2D eigenvalue weighted by Gasteiger charge is 2.59. The summed E-state index contributed by atoms with van der Waals surface area (Å²) in [7, 11) is 0. The summed E-state index contributed by atoms with van der Waals surface area (Å²) < 4.78 is 0. The summed E-state index contributed by atoms with van der Waals surface area (Å²) in [4.78, 5) is 36.7. The van der Waals surface area contributed by atoms with Gasteiger partial charge in [-0.3, -0.25) is 15.0 Å². The first kappa shape index (κ1) is 15.1. The molecule has 2 fully saturated rings. The van der Waals surface area contributed by atoms with Crippen LogP contribution in [-0.2, 0) is 16.0 Å². The monoisotopic (exact) mass is 333 g/mol. The zero-order valence-corrected chi connectivity index (χ0v) is 14.1. The van der Waals surface area contributed by atoms with Gasteiger partial charge < -0.3 is 0 Å². The molecule has 6 nitrogen and oxygen atoms in total. The molecule has 2 aliphatic heterocycles. The third kappa shape index (κ3) is 2.21. The van der Waals surface area contributed by atoms with Crippen LogP contribution in [0.5, 0.6) is 0 Å². The van der Waals surface area contributed by atoms with Crippen molar-refractivity contribution in [1.82, 2.24) is 9.97 Å². The summed E-state index contributed by atoms with van der Waals surface area (Å²) in [5.74, 6) is 0.707. The van der Waals surface area contributed by atoms with Gasteiger partial charge in [-0.2, -0.15) is 0 Å². The molecule has 3 heterocycles. The van der Waals surface area contributed by atoms with Crippen LogP contribution in [0.3, 0.4) is 0 Å². The molecule has 3 aliphatic rings. The van der Waals surface area contributed by atoms with Gasteiger partial charge in [-0.1, -0.05) is 24.6 Å². The van der Waals surface area contributed by atoms with Crippen molar-refractivity contribution in [3.8, 4) is 0 Å². The van der Waals surface area contributed by atoms with Crippen LogP contribution in [-0.4, -0.2) is 40.6 Å². The smallest absolute Gasteiger partial charge is 0.292 e. The van der Waals surface area contributed by atoms with E-state index >= 15 is 0 Å². The maximum Gasteiger partial charge on any atom is 0.326 e. The van der Waals surface area contributed by atoms with Crippen molar-refractivity contribution in [3.05, 3.63) is 11.8 Å². The van der Waals surface area contributed by atoms with Gasteiger partial charge in [-0.05, 0) is 19.1 Å². The largest absolute Gasteiger partial charge is 0.326 e. The van der Waals surface area contributed by atoms with E-state index < -0.39 is 5.41 Å². The molecule has 1 aromatic heterocycles. The third-order valence-corrected chi connectivity index (χ3v) is 5.97.